The summed E-state index contributed by atoms with van der Waals surface area (Å²) in [5, 5.41) is 5.53. The highest BCUT2D eigenvalue weighted by atomic mass is 32.1. The number of hydrogen-bond acceptors (Lipinski definition) is 6. The Kier molecular flexibility index (Phi) is 6.24. The van der Waals surface area contributed by atoms with Crippen LogP contribution >= 0.6 is 11.3 Å². The van der Waals surface area contributed by atoms with Crippen molar-refractivity contribution in [3.8, 4) is 0 Å². The van der Waals surface area contributed by atoms with Crippen molar-refractivity contribution in [2.24, 2.45) is 5.10 Å². The summed E-state index contributed by atoms with van der Waals surface area (Å²) < 4.78 is 69.1. The molecule has 1 heterocycles. The monoisotopic (exact) mass is 393 g/mol. The molecule has 0 atom stereocenters. The first-order chi connectivity index (χ1) is 12.2. The third kappa shape index (κ3) is 5.22. The van der Waals surface area contributed by atoms with E-state index in [1.807, 2.05) is 0 Å². The Bertz CT molecular complexity index is 797. The van der Waals surface area contributed by atoms with Crippen LogP contribution in [0.3, 0.4) is 0 Å². The summed E-state index contributed by atoms with van der Waals surface area (Å²) in [6, 6.07) is 1.04. The van der Waals surface area contributed by atoms with E-state index in [4.69, 9.17) is 4.74 Å². The van der Waals surface area contributed by atoms with Crippen LogP contribution in [0.5, 0.6) is 0 Å². The van der Waals surface area contributed by atoms with Gasteiger partial charge in [-0.3, -0.25) is 10.2 Å². The van der Waals surface area contributed by atoms with Crippen LogP contribution in [-0.4, -0.2) is 23.8 Å². The van der Waals surface area contributed by atoms with E-state index in [0.29, 0.717) is 17.8 Å². The van der Waals surface area contributed by atoms with E-state index >= 15 is 0 Å². The average Bonchev–Trinajstić information content (AvgIpc) is 2.92. The number of nitrogens with zero attached hydrogens (tertiary/aromatic N) is 2. The van der Waals surface area contributed by atoms with E-state index in [-0.39, 0.29) is 23.7 Å². The number of anilines is 1. The lowest BCUT2D eigenvalue weighted by Gasteiger charge is -2.09. The molecule has 5 nitrogen and oxygen atoms in total. The third-order valence-electron chi connectivity index (χ3n) is 2.90. The van der Waals surface area contributed by atoms with E-state index in [1.54, 1.807) is 12.3 Å². The van der Waals surface area contributed by atoms with E-state index in [9.17, 15) is 26.7 Å². The van der Waals surface area contributed by atoms with E-state index in [2.05, 4.69) is 15.5 Å². The quantitative estimate of drug-likeness (QED) is 0.349. The van der Waals surface area contributed by atoms with Gasteiger partial charge in [-0.25, -0.2) is 13.8 Å². The number of aromatic nitrogens is 1. The molecule has 2 aromatic rings. The molecule has 0 saturated carbocycles. The average molecular weight is 393 g/mol. The summed E-state index contributed by atoms with van der Waals surface area (Å²) >= 11 is 1.12. The molecule has 1 aromatic carbocycles. The molecule has 140 valence electrons. The van der Waals surface area contributed by atoms with Crippen molar-refractivity contribution in [2.75, 3.05) is 12.0 Å². The maximum absolute atomic E-state index is 13.4. The van der Waals surface area contributed by atoms with Gasteiger partial charge in [0.25, 0.3) is 0 Å². The number of halogens is 5. The minimum Gasteiger partial charge on any atom is -0.466 e. The van der Waals surface area contributed by atoms with Gasteiger partial charge in [-0.15, -0.1) is 11.3 Å². The zero-order valence-corrected chi connectivity index (χ0v) is 14.0. The Morgan fingerprint density at radius 2 is 2.00 bits per heavy atom. The van der Waals surface area contributed by atoms with Gasteiger partial charge in [0.2, 0.25) is 5.13 Å². The van der Waals surface area contributed by atoms with Crippen molar-refractivity contribution < 1.29 is 31.5 Å². The van der Waals surface area contributed by atoms with Crippen LogP contribution in [0.2, 0.25) is 0 Å². The van der Waals surface area contributed by atoms with Gasteiger partial charge < -0.3 is 4.74 Å². The van der Waals surface area contributed by atoms with Gasteiger partial charge in [0.15, 0.2) is 0 Å². The molecule has 0 amide bonds. The van der Waals surface area contributed by atoms with Crippen LogP contribution in [0.25, 0.3) is 0 Å². The lowest BCUT2D eigenvalue weighted by Crippen LogP contribution is -2.12. The van der Waals surface area contributed by atoms with E-state index in [1.165, 1.54) is 0 Å². The molecular weight excluding hydrogens is 381 g/mol. The van der Waals surface area contributed by atoms with Crippen molar-refractivity contribution in [3.63, 3.8) is 0 Å². The Hall–Kier alpha value is -2.56. The van der Waals surface area contributed by atoms with Crippen LogP contribution in [0.1, 0.15) is 23.7 Å². The summed E-state index contributed by atoms with van der Waals surface area (Å²) in [5.41, 5.74) is 0.745. The first kappa shape index (κ1) is 19.8. The summed E-state index contributed by atoms with van der Waals surface area (Å²) in [6.07, 6.45) is -4.21. The predicted octanol–water partition coefficient (Wildman–Crippen LogP) is 3.99. The number of alkyl halides is 3. The van der Waals surface area contributed by atoms with Gasteiger partial charge in [-0.1, -0.05) is 0 Å². The molecule has 0 aliphatic heterocycles. The summed E-state index contributed by atoms with van der Waals surface area (Å²) in [7, 11) is 0. The molecule has 0 fully saturated rings. The Morgan fingerprint density at radius 1 is 1.35 bits per heavy atom. The number of carbonyl (C=O) groups is 1. The molecular formula is C15H12F5N3O2S. The Balaban J connectivity index is 2.03. The normalized spacial score (nSPS) is 11.8. The maximum Gasteiger partial charge on any atom is 0.422 e. The second-order valence-electron chi connectivity index (χ2n) is 4.85. The Labute approximate surface area is 148 Å². The topological polar surface area (TPSA) is 63.6 Å². The standard InChI is InChI=1S/C15H12F5N3O2S/c1-2-25-12(24)5-9-7-26-14(22-9)23-21-6-8-3-10(16)13(11(17)4-8)15(18,19)20/h3-4,6-7H,2,5H2,1H3,(H,22,23). The van der Waals surface area contributed by atoms with Crippen molar-refractivity contribution in [1.82, 2.24) is 4.98 Å². The highest BCUT2D eigenvalue weighted by Crippen LogP contribution is 2.33. The number of esters is 1. The second kappa shape index (κ2) is 8.21. The van der Waals surface area contributed by atoms with Crippen molar-refractivity contribution in [2.45, 2.75) is 19.5 Å². The number of hydrazone groups is 1. The molecule has 0 bridgehead atoms. The lowest BCUT2D eigenvalue weighted by atomic mass is 10.1. The first-order valence-electron chi connectivity index (χ1n) is 7.16. The predicted molar refractivity (Wildman–Crippen MR) is 85.0 cm³/mol. The highest BCUT2D eigenvalue weighted by Gasteiger charge is 2.37. The molecule has 1 aromatic heterocycles. The van der Waals surface area contributed by atoms with Gasteiger partial charge in [0.1, 0.15) is 17.2 Å². The summed E-state index contributed by atoms with van der Waals surface area (Å²) in [5.74, 6) is -3.90. The summed E-state index contributed by atoms with van der Waals surface area (Å²) in [6.45, 7) is 1.92. The van der Waals surface area contributed by atoms with E-state index < -0.39 is 29.3 Å². The smallest absolute Gasteiger partial charge is 0.422 e. The number of thiazole rings is 1. The Morgan fingerprint density at radius 3 is 2.58 bits per heavy atom. The number of benzene rings is 1. The van der Waals surface area contributed by atoms with Crippen LogP contribution in [0.15, 0.2) is 22.6 Å². The van der Waals surface area contributed by atoms with Gasteiger partial charge in [0.05, 0.1) is 24.9 Å². The van der Waals surface area contributed by atoms with Gasteiger partial charge in [-0.05, 0) is 19.1 Å². The second-order valence-corrected chi connectivity index (χ2v) is 5.71. The van der Waals surface area contributed by atoms with E-state index in [0.717, 1.165) is 17.6 Å². The number of hydrogen-bond donors (Lipinski definition) is 1. The molecule has 0 radical (unpaired) electrons. The first-order valence-corrected chi connectivity index (χ1v) is 8.04. The van der Waals surface area contributed by atoms with Gasteiger partial charge in [0, 0.05) is 10.9 Å². The maximum atomic E-state index is 13.4. The van der Waals surface area contributed by atoms with Crippen molar-refractivity contribution in [3.05, 3.63) is 46.0 Å². The number of nitrogens with one attached hydrogen (secondary N) is 1. The zero-order chi connectivity index (χ0) is 19.3. The van der Waals surface area contributed by atoms with Crippen LogP contribution < -0.4 is 5.43 Å². The SMILES string of the molecule is CCOC(=O)Cc1csc(NN=Cc2cc(F)c(C(F)(F)F)c(F)c2)n1. The fourth-order valence-electron chi connectivity index (χ4n) is 1.90. The minimum atomic E-state index is -5.13. The molecule has 0 spiro atoms. The minimum absolute atomic E-state index is 0.0228. The summed E-state index contributed by atoms with van der Waals surface area (Å²) in [4.78, 5) is 15.4. The molecule has 0 unspecified atom stereocenters. The number of rotatable bonds is 6. The van der Waals surface area contributed by atoms with Gasteiger partial charge in [-0.2, -0.15) is 18.3 Å². The molecule has 0 saturated heterocycles. The number of ether oxygens (including phenoxy) is 1. The molecule has 0 aliphatic rings. The van der Waals surface area contributed by atoms with Gasteiger partial charge >= 0.3 is 12.1 Å². The van der Waals surface area contributed by atoms with Crippen LogP contribution in [0.4, 0.5) is 27.1 Å². The molecule has 0 aliphatic carbocycles. The number of carbonyl (C=O) groups excluding carboxylic acids is 1. The van der Waals surface area contributed by atoms with Crippen LogP contribution in [0, 0.1) is 11.6 Å². The molecule has 1 N–H and O–H groups in total. The molecule has 26 heavy (non-hydrogen) atoms. The largest absolute Gasteiger partial charge is 0.466 e. The molecule has 11 heteroatoms. The lowest BCUT2D eigenvalue weighted by molar-refractivity contribution is -0.143. The van der Waals surface area contributed by atoms with Crippen molar-refractivity contribution >= 4 is 28.7 Å². The highest BCUT2D eigenvalue weighted by molar-refractivity contribution is 7.13. The molecule has 2 rings (SSSR count). The van der Waals surface area contributed by atoms with Crippen molar-refractivity contribution in [1.29, 1.82) is 0 Å². The zero-order valence-electron chi connectivity index (χ0n) is 13.2. The third-order valence-corrected chi connectivity index (χ3v) is 3.70. The van der Waals surface area contributed by atoms with Crippen LogP contribution in [-0.2, 0) is 22.1 Å². The fraction of sp³-hybridized carbons (Fsp3) is 0.267. The fourth-order valence-corrected chi connectivity index (χ4v) is 2.56.